The second-order valence-electron chi connectivity index (χ2n) is 6.70. The van der Waals surface area contributed by atoms with Crippen LogP contribution in [0.15, 0.2) is 30.5 Å². The highest BCUT2D eigenvalue weighted by atomic mass is 35.5. The molecule has 2 aromatic heterocycles. The third kappa shape index (κ3) is 3.16. The van der Waals surface area contributed by atoms with Crippen molar-refractivity contribution in [3.63, 3.8) is 0 Å². The summed E-state index contributed by atoms with van der Waals surface area (Å²) in [6, 6.07) is 7.30. The van der Waals surface area contributed by atoms with Crippen molar-refractivity contribution in [3.8, 4) is 17.0 Å². The molecule has 1 aliphatic rings. The van der Waals surface area contributed by atoms with Crippen molar-refractivity contribution in [2.75, 3.05) is 32.2 Å². The first-order valence-corrected chi connectivity index (χ1v) is 9.26. The number of carboxylic acid groups (broad SMARTS) is 1. The minimum absolute atomic E-state index is 0.194. The summed E-state index contributed by atoms with van der Waals surface area (Å²) >= 11 is 6.48. The second kappa shape index (κ2) is 7.33. The molecule has 2 N–H and O–H groups in total. The van der Waals surface area contributed by atoms with E-state index in [9.17, 15) is 9.90 Å². The molecule has 0 aliphatic carbocycles. The van der Waals surface area contributed by atoms with Gasteiger partial charge in [0, 0.05) is 48.4 Å². The number of H-pyrrole nitrogens is 1. The van der Waals surface area contributed by atoms with E-state index >= 15 is 0 Å². The van der Waals surface area contributed by atoms with Crippen molar-refractivity contribution in [2.24, 2.45) is 0 Å². The number of rotatable bonds is 5. The molecule has 0 bridgehead atoms. The Morgan fingerprint density at radius 3 is 2.82 bits per heavy atom. The fraction of sp³-hybridized carbons (Fsp3) is 0.300. The molecule has 0 amide bonds. The summed E-state index contributed by atoms with van der Waals surface area (Å²) in [4.78, 5) is 21.2. The van der Waals surface area contributed by atoms with Crippen LogP contribution in [-0.4, -0.2) is 54.5 Å². The Labute approximate surface area is 166 Å². The molecule has 1 atom stereocenters. The number of hydrogen-bond acceptors (Lipinski definition) is 5. The molecule has 0 saturated carbocycles. The summed E-state index contributed by atoms with van der Waals surface area (Å²) in [6.45, 7) is 1.65. The van der Waals surface area contributed by atoms with Gasteiger partial charge in [0.1, 0.15) is 5.82 Å². The number of aromatic carboxylic acids is 1. The van der Waals surface area contributed by atoms with Crippen molar-refractivity contribution in [3.05, 3.63) is 41.0 Å². The van der Waals surface area contributed by atoms with Crippen LogP contribution in [0.5, 0.6) is 5.88 Å². The third-order valence-electron chi connectivity index (χ3n) is 5.13. The van der Waals surface area contributed by atoms with E-state index in [4.69, 9.17) is 21.1 Å². The molecule has 1 aromatic carbocycles. The van der Waals surface area contributed by atoms with Gasteiger partial charge in [-0.15, -0.1) is 0 Å². The van der Waals surface area contributed by atoms with E-state index in [2.05, 4.69) is 14.9 Å². The molecule has 3 aromatic rings. The molecule has 3 heterocycles. The van der Waals surface area contributed by atoms with E-state index in [-0.39, 0.29) is 11.7 Å². The number of halogens is 1. The Balaban J connectivity index is 1.77. The van der Waals surface area contributed by atoms with E-state index < -0.39 is 5.97 Å². The molecule has 1 saturated heterocycles. The molecule has 0 spiro atoms. The van der Waals surface area contributed by atoms with E-state index in [1.807, 2.05) is 12.1 Å². The minimum atomic E-state index is -0.998. The second-order valence-corrected chi connectivity index (χ2v) is 7.11. The average molecular weight is 402 g/mol. The maximum Gasteiger partial charge on any atom is 0.337 e. The average Bonchev–Trinajstić information content (AvgIpc) is 3.33. The number of fused-ring (bicyclic) bond motifs is 1. The highest BCUT2D eigenvalue weighted by Gasteiger charge is 2.24. The Hall–Kier alpha value is -2.77. The number of benzene rings is 1. The lowest BCUT2D eigenvalue weighted by Gasteiger charge is -2.19. The predicted molar refractivity (Wildman–Crippen MR) is 108 cm³/mol. The molecule has 1 fully saturated rings. The molecule has 0 radical (unpaired) electrons. The Morgan fingerprint density at radius 2 is 2.14 bits per heavy atom. The van der Waals surface area contributed by atoms with E-state index in [0.29, 0.717) is 32.9 Å². The monoisotopic (exact) mass is 401 g/mol. The fourth-order valence-electron chi connectivity index (χ4n) is 3.62. The van der Waals surface area contributed by atoms with Crippen LogP contribution in [0.3, 0.4) is 0 Å². The summed E-state index contributed by atoms with van der Waals surface area (Å²) in [5.74, 6) is 0.249. The molecule has 1 aliphatic heterocycles. The van der Waals surface area contributed by atoms with Gasteiger partial charge in [0.25, 0.3) is 0 Å². The molecule has 146 valence electrons. The number of nitrogens with one attached hydrogen (secondary N) is 1. The first kappa shape index (κ1) is 18.6. The third-order valence-corrected chi connectivity index (χ3v) is 5.44. The highest BCUT2D eigenvalue weighted by molar-refractivity contribution is 6.34. The van der Waals surface area contributed by atoms with E-state index in [1.165, 1.54) is 6.20 Å². The predicted octanol–water partition coefficient (Wildman–Crippen LogP) is 3.82. The molecule has 7 nitrogen and oxygen atoms in total. The smallest absolute Gasteiger partial charge is 0.337 e. The van der Waals surface area contributed by atoms with Crippen molar-refractivity contribution >= 4 is 34.3 Å². The SMILES string of the molecule is COc1nc(N2CC[C@@H](OC)C2)ccc1-c1cc2c(C(=O)O)c[nH]c2cc1Cl. The van der Waals surface area contributed by atoms with Crippen molar-refractivity contribution in [1.29, 1.82) is 0 Å². The van der Waals surface area contributed by atoms with Gasteiger partial charge >= 0.3 is 5.97 Å². The number of anilines is 1. The number of carboxylic acids is 1. The van der Waals surface area contributed by atoms with Gasteiger partial charge in [0.05, 0.1) is 23.8 Å². The summed E-state index contributed by atoms with van der Waals surface area (Å²) in [6.07, 6.45) is 2.62. The quantitative estimate of drug-likeness (QED) is 0.675. The molecular formula is C20H20ClN3O4. The molecular weight excluding hydrogens is 382 g/mol. The van der Waals surface area contributed by atoms with E-state index in [0.717, 1.165) is 25.3 Å². The number of ether oxygens (including phenoxy) is 2. The van der Waals surface area contributed by atoms with Crippen LogP contribution in [0.1, 0.15) is 16.8 Å². The van der Waals surface area contributed by atoms with Crippen LogP contribution in [0.4, 0.5) is 5.82 Å². The minimum Gasteiger partial charge on any atom is -0.480 e. The number of aromatic amines is 1. The van der Waals surface area contributed by atoms with Gasteiger partial charge in [0.15, 0.2) is 0 Å². The van der Waals surface area contributed by atoms with Crippen molar-refractivity contribution < 1.29 is 19.4 Å². The fourth-order valence-corrected chi connectivity index (χ4v) is 3.89. The zero-order valence-corrected chi connectivity index (χ0v) is 16.3. The van der Waals surface area contributed by atoms with Gasteiger partial charge in [-0.05, 0) is 30.7 Å². The maximum absolute atomic E-state index is 11.5. The largest absolute Gasteiger partial charge is 0.480 e. The first-order valence-electron chi connectivity index (χ1n) is 8.89. The van der Waals surface area contributed by atoms with Crippen molar-refractivity contribution in [2.45, 2.75) is 12.5 Å². The molecule has 28 heavy (non-hydrogen) atoms. The Morgan fingerprint density at radius 1 is 1.32 bits per heavy atom. The van der Waals surface area contributed by atoms with Crippen molar-refractivity contribution in [1.82, 2.24) is 9.97 Å². The Kier molecular flexibility index (Phi) is 4.87. The number of carbonyl (C=O) groups is 1. The van der Waals surface area contributed by atoms with Crippen LogP contribution in [0, 0.1) is 0 Å². The first-order chi connectivity index (χ1) is 13.5. The summed E-state index contributed by atoms with van der Waals surface area (Å²) < 4.78 is 11.0. The zero-order chi connectivity index (χ0) is 19.8. The number of nitrogens with zero attached hydrogens (tertiary/aromatic N) is 2. The highest BCUT2D eigenvalue weighted by Crippen LogP contribution is 2.38. The summed E-state index contributed by atoms with van der Waals surface area (Å²) in [7, 11) is 3.28. The van der Waals surface area contributed by atoms with Crippen LogP contribution in [0.2, 0.25) is 5.02 Å². The maximum atomic E-state index is 11.5. The number of pyridine rings is 1. The lowest BCUT2D eigenvalue weighted by atomic mass is 10.0. The van der Waals surface area contributed by atoms with Gasteiger partial charge in [-0.3, -0.25) is 0 Å². The van der Waals surface area contributed by atoms with Crippen LogP contribution in [-0.2, 0) is 4.74 Å². The Bertz CT molecular complexity index is 1050. The summed E-state index contributed by atoms with van der Waals surface area (Å²) in [5, 5.41) is 10.5. The number of methoxy groups -OCH3 is 2. The lowest BCUT2D eigenvalue weighted by molar-refractivity contribution is 0.0699. The standard InChI is InChI=1S/C20H20ClN3O4/c1-27-11-5-6-24(10-11)18-4-3-12(19(23-18)28-2)13-7-14-15(20(25)26)9-22-17(14)8-16(13)21/h3-4,7-9,11,22H,5-6,10H2,1-2H3,(H,25,26)/t11-/m1/s1. The lowest BCUT2D eigenvalue weighted by Crippen LogP contribution is -2.23. The zero-order valence-electron chi connectivity index (χ0n) is 15.5. The molecule has 4 rings (SSSR count). The topological polar surface area (TPSA) is 87.7 Å². The summed E-state index contributed by atoms with van der Waals surface area (Å²) in [5.41, 5.74) is 2.23. The molecule has 0 unspecified atom stereocenters. The molecule has 8 heteroatoms. The number of aromatic nitrogens is 2. The van der Waals surface area contributed by atoms with Gasteiger partial charge in [-0.1, -0.05) is 11.6 Å². The van der Waals surface area contributed by atoms with E-state index in [1.54, 1.807) is 26.4 Å². The van der Waals surface area contributed by atoms with Crippen LogP contribution >= 0.6 is 11.6 Å². The normalized spacial score (nSPS) is 16.7. The van der Waals surface area contributed by atoms with Gasteiger partial charge in [0.2, 0.25) is 5.88 Å². The van der Waals surface area contributed by atoms with Crippen LogP contribution < -0.4 is 9.64 Å². The van der Waals surface area contributed by atoms with Gasteiger partial charge in [-0.25, -0.2) is 4.79 Å². The van der Waals surface area contributed by atoms with Gasteiger partial charge in [-0.2, -0.15) is 4.98 Å². The number of hydrogen-bond donors (Lipinski definition) is 2. The van der Waals surface area contributed by atoms with Gasteiger partial charge < -0.3 is 24.5 Å². The van der Waals surface area contributed by atoms with Crippen LogP contribution in [0.25, 0.3) is 22.0 Å².